The van der Waals surface area contributed by atoms with E-state index in [4.69, 9.17) is 4.74 Å². The topological polar surface area (TPSA) is 32.8 Å². The third kappa shape index (κ3) is 2.11. The maximum Gasteiger partial charge on any atom is 0.425 e. The number of ether oxygens (including phenoxy) is 1. The van der Waals surface area contributed by atoms with Gasteiger partial charge >= 0.3 is 12.3 Å². The highest BCUT2D eigenvalue weighted by Crippen LogP contribution is 2.45. The first kappa shape index (κ1) is 14.3. The van der Waals surface area contributed by atoms with Gasteiger partial charge in [0.15, 0.2) is 0 Å². The maximum absolute atomic E-state index is 12.7. The Bertz CT molecular complexity index is 609. The first-order valence-corrected chi connectivity index (χ1v) is 8.09. The molecule has 8 heteroatoms. The number of hydrogen-bond donors (Lipinski definition) is 0. The monoisotopic (exact) mass is 332 g/mol. The molecule has 2 bridgehead atoms. The molecule has 4 nitrogen and oxygen atoms in total. The van der Waals surface area contributed by atoms with Crippen LogP contribution in [0.2, 0.25) is 0 Å². The molecule has 1 aromatic rings. The number of carbonyl (C=O) groups is 1. The largest absolute Gasteiger partial charge is 0.439 e. The Kier molecular flexibility index (Phi) is 3.00. The summed E-state index contributed by atoms with van der Waals surface area (Å²) in [6.07, 6.45) is -2.93. The van der Waals surface area contributed by atoms with Gasteiger partial charge in [0.05, 0.1) is 6.54 Å². The second-order valence-corrected chi connectivity index (χ2v) is 7.27. The molecule has 4 saturated heterocycles. The summed E-state index contributed by atoms with van der Waals surface area (Å²) in [5, 5.41) is 0.311. The first-order chi connectivity index (χ1) is 10.4. The molecule has 4 fully saturated rings. The molecule has 0 N–H and O–H groups in total. The van der Waals surface area contributed by atoms with E-state index in [9.17, 15) is 18.0 Å². The number of amides is 1. The number of piperidine rings is 3. The highest BCUT2D eigenvalue weighted by molar-refractivity contribution is 7.16. The van der Waals surface area contributed by atoms with Crippen LogP contribution in [0.25, 0.3) is 0 Å². The Labute approximate surface area is 129 Å². The fourth-order valence-corrected chi connectivity index (χ4v) is 4.67. The Morgan fingerprint density at radius 2 is 1.95 bits per heavy atom. The molecule has 1 amide bonds. The highest BCUT2D eigenvalue weighted by atomic mass is 32.1. The van der Waals surface area contributed by atoms with Crippen LogP contribution < -0.4 is 4.90 Å². The van der Waals surface area contributed by atoms with Crippen LogP contribution in [-0.4, -0.2) is 42.8 Å². The van der Waals surface area contributed by atoms with Gasteiger partial charge in [-0.1, -0.05) is 0 Å². The van der Waals surface area contributed by atoms with Gasteiger partial charge in [-0.3, -0.25) is 9.80 Å². The average molecular weight is 332 g/mol. The minimum Gasteiger partial charge on any atom is -0.439 e. The van der Waals surface area contributed by atoms with Crippen LogP contribution >= 0.6 is 11.3 Å². The van der Waals surface area contributed by atoms with Crippen LogP contribution in [0.3, 0.4) is 0 Å². The highest BCUT2D eigenvalue weighted by Gasteiger charge is 2.56. The SMILES string of the molecule is O=C1OC2(CN3CCC2CC3)CN1c1ccc(C(F)(F)F)s1. The molecule has 0 aromatic carbocycles. The van der Waals surface area contributed by atoms with Gasteiger partial charge in [-0.2, -0.15) is 13.2 Å². The lowest BCUT2D eigenvalue weighted by atomic mass is 9.75. The van der Waals surface area contributed by atoms with Crippen LogP contribution in [0.5, 0.6) is 0 Å². The van der Waals surface area contributed by atoms with Crippen molar-refractivity contribution in [1.82, 2.24) is 4.90 Å². The second-order valence-electron chi connectivity index (χ2n) is 6.20. The molecule has 1 aromatic heterocycles. The van der Waals surface area contributed by atoms with E-state index in [-0.39, 0.29) is 0 Å². The summed E-state index contributed by atoms with van der Waals surface area (Å²) < 4.78 is 43.8. The standard InChI is InChI=1S/C14H15F3N2O2S/c15-14(16,17)10-1-2-11(22-10)19-8-13(21-12(19)20)7-18-5-3-9(13)4-6-18/h1-2,9H,3-8H2. The van der Waals surface area contributed by atoms with Gasteiger partial charge in [-0.25, -0.2) is 4.79 Å². The number of anilines is 1. The van der Waals surface area contributed by atoms with Crippen molar-refractivity contribution in [2.75, 3.05) is 31.1 Å². The number of thiophene rings is 1. The van der Waals surface area contributed by atoms with Crippen LogP contribution in [0.4, 0.5) is 23.0 Å². The quantitative estimate of drug-likeness (QED) is 0.792. The van der Waals surface area contributed by atoms with Gasteiger partial charge in [0.2, 0.25) is 0 Å². The van der Waals surface area contributed by atoms with Crippen molar-refractivity contribution >= 4 is 22.4 Å². The van der Waals surface area contributed by atoms with E-state index in [1.807, 2.05) is 0 Å². The molecule has 4 aliphatic heterocycles. The molecule has 5 heterocycles. The lowest BCUT2D eigenvalue weighted by molar-refractivity contribution is -0.134. The number of carbonyl (C=O) groups excluding carboxylic acids is 1. The zero-order chi connectivity index (χ0) is 15.5. The zero-order valence-corrected chi connectivity index (χ0v) is 12.5. The van der Waals surface area contributed by atoms with E-state index in [2.05, 4.69) is 4.90 Å². The van der Waals surface area contributed by atoms with Gasteiger partial charge in [0.1, 0.15) is 15.5 Å². The second kappa shape index (κ2) is 4.61. The number of nitrogens with zero attached hydrogens (tertiary/aromatic N) is 2. The van der Waals surface area contributed by atoms with E-state index in [0.717, 1.165) is 32.0 Å². The molecular formula is C14H15F3N2O2S. The zero-order valence-electron chi connectivity index (χ0n) is 11.7. The molecule has 22 heavy (non-hydrogen) atoms. The van der Waals surface area contributed by atoms with Crippen LogP contribution in [0, 0.1) is 5.92 Å². The van der Waals surface area contributed by atoms with Crippen molar-refractivity contribution in [2.24, 2.45) is 5.92 Å². The normalized spacial score (nSPS) is 34.5. The van der Waals surface area contributed by atoms with Crippen molar-refractivity contribution in [1.29, 1.82) is 0 Å². The van der Waals surface area contributed by atoms with Crippen LogP contribution in [0.1, 0.15) is 17.7 Å². The van der Waals surface area contributed by atoms with Crippen molar-refractivity contribution in [3.8, 4) is 0 Å². The van der Waals surface area contributed by atoms with Crippen molar-refractivity contribution in [3.63, 3.8) is 0 Å². The fourth-order valence-electron chi connectivity index (χ4n) is 3.81. The molecule has 1 unspecified atom stereocenters. The number of fused-ring (bicyclic) bond motifs is 2. The van der Waals surface area contributed by atoms with E-state index in [1.165, 1.54) is 11.0 Å². The summed E-state index contributed by atoms with van der Waals surface area (Å²) in [5.74, 6) is 0.313. The number of rotatable bonds is 1. The summed E-state index contributed by atoms with van der Waals surface area (Å²) in [5.41, 5.74) is -0.546. The molecular weight excluding hydrogens is 317 g/mol. The molecule has 120 valence electrons. The molecule has 0 aliphatic carbocycles. The molecule has 0 radical (unpaired) electrons. The fraction of sp³-hybridized carbons (Fsp3) is 0.643. The third-order valence-electron chi connectivity index (χ3n) is 4.90. The molecule has 0 saturated carbocycles. The van der Waals surface area contributed by atoms with Crippen LogP contribution in [0.15, 0.2) is 12.1 Å². The molecule has 4 aliphatic rings. The van der Waals surface area contributed by atoms with E-state index >= 15 is 0 Å². The smallest absolute Gasteiger partial charge is 0.425 e. The van der Waals surface area contributed by atoms with Gasteiger partial charge in [0, 0.05) is 12.5 Å². The minimum absolute atomic E-state index is 0.311. The van der Waals surface area contributed by atoms with Crippen molar-refractivity contribution < 1.29 is 22.7 Å². The van der Waals surface area contributed by atoms with Gasteiger partial charge < -0.3 is 4.74 Å². The van der Waals surface area contributed by atoms with Crippen LogP contribution in [-0.2, 0) is 10.9 Å². The molecule has 1 spiro atoms. The van der Waals surface area contributed by atoms with Crippen molar-refractivity contribution in [3.05, 3.63) is 17.0 Å². The number of hydrogen-bond acceptors (Lipinski definition) is 4. The molecule has 1 atom stereocenters. The van der Waals surface area contributed by atoms with E-state index in [1.54, 1.807) is 0 Å². The molecule has 5 rings (SSSR count). The maximum atomic E-state index is 12.7. The Morgan fingerprint density at radius 3 is 2.50 bits per heavy atom. The summed E-state index contributed by atoms with van der Waals surface area (Å²) in [6.45, 7) is 3.07. The lowest BCUT2D eigenvalue weighted by Gasteiger charge is -2.49. The van der Waals surface area contributed by atoms with E-state index < -0.39 is 22.7 Å². The lowest BCUT2D eigenvalue weighted by Crippen LogP contribution is -2.61. The Morgan fingerprint density at radius 1 is 1.23 bits per heavy atom. The number of halogens is 3. The third-order valence-corrected chi connectivity index (χ3v) is 6.05. The summed E-state index contributed by atoms with van der Waals surface area (Å²) in [4.78, 5) is 15.1. The van der Waals surface area contributed by atoms with Gasteiger partial charge in [-0.15, -0.1) is 11.3 Å². The summed E-state index contributed by atoms with van der Waals surface area (Å²) in [7, 11) is 0. The minimum atomic E-state index is -4.38. The van der Waals surface area contributed by atoms with Gasteiger partial charge in [-0.05, 0) is 38.1 Å². The summed E-state index contributed by atoms with van der Waals surface area (Å²) >= 11 is 0.595. The predicted octanol–water partition coefficient (Wildman–Crippen LogP) is 3.19. The summed E-state index contributed by atoms with van der Waals surface area (Å²) in [6, 6.07) is 2.38. The predicted molar refractivity (Wildman–Crippen MR) is 75.0 cm³/mol. The Hall–Kier alpha value is -1.28. The average Bonchev–Trinajstić information content (AvgIpc) is 3.05. The first-order valence-electron chi connectivity index (χ1n) is 7.27. The van der Waals surface area contributed by atoms with Crippen molar-refractivity contribution in [2.45, 2.75) is 24.6 Å². The number of alkyl halides is 3. The van der Waals surface area contributed by atoms with E-state index in [0.29, 0.717) is 35.3 Å². The van der Waals surface area contributed by atoms with Gasteiger partial charge in [0.25, 0.3) is 0 Å². The Balaban J connectivity index is 1.59.